The molecular weight excluding hydrogens is 352 g/mol. The maximum atomic E-state index is 11.5. The highest BCUT2D eigenvalue weighted by atomic mass is 28.4. The van der Waals surface area contributed by atoms with Gasteiger partial charge in [-0.15, -0.1) is 0 Å². The maximum absolute atomic E-state index is 11.5. The normalized spacial score (nSPS) is 16.0. The summed E-state index contributed by atoms with van der Waals surface area (Å²) in [5, 5.41) is 0.209. The lowest BCUT2D eigenvalue weighted by atomic mass is 9.94. The van der Waals surface area contributed by atoms with E-state index in [2.05, 4.69) is 58.1 Å². The molecule has 27 heavy (non-hydrogen) atoms. The standard InChI is InChI=1S/C23H30O3Si/c1-16(24)26-21-13-9-12-20-18(14-15-25-27(5,6)23(2,3)4)17-10-7-8-11-19(17)22(20)21/h7-13,18H,14-15H2,1-6H3. The SMILES string of the molecule is CC(=O)Oc1cccc2c1-c1ccccc1C2CCO[Si](C)(C)C(C)(C)C. The summed E-state index contributed by atoms with van der Waals surface area (Å²) in [5.41, 5.74) is 4.75. The number of carbonyl (C=O) groups excluding carboxylic acids is 1. The van der Waals surface area contributed by atoms with Crippen LogP contribution in [0.4, 0.5) is 0 Å². The van der Waals surface area contributed by atoms with Crippen LogP contribution in [0.5, 0.6) is 5.75 Å². The number of rotatable bonds is 5. The zero-order valence-corrected chi connectivity index (χ0v) is 18.3. The predicted molar refractivity (Wildman–Crippen MR) is 113 cm³/mol. The minimum Gasteiger partial charge on any atom is -0.426 e. The Morgan fingerprint density at radius 2 is 1.70 bits per heavy atom. The van der Waals surface area contributed by atoms with Gasteiger partial charge in [0.2, 0.25) is 0 Å². The Morgan fingerprint density at radius 3 is 2.37 bits per heavy atom. The van der Waals surface area contributed by atoms with Crippen LogP contribution in [-0.4, -0.2) is 20.9 Å². The molecule has 1 unspecified atom stereocenters. The molecule has 144 valence electrons. The van der Waals surface area contributed by atoms with E-state index < -0.39 is 8.32 Å². The minimum absolute atomic E-state index is 0.209. The molecule has 0 spiro atoms. The van der Waals surface area contributed by atoms with E-state index in [-0.39, 0.29) is 16.9 Å². The lowest BCUT2D eigenvalue weighted by molar-refractivity contribution is -0.131. The second kappa shape index (κ2) is 7.25. The summed E-state index contributed by atoms with van der Waals surface area (Å²) in [4.78, 5) is 11.5. The fourth-order valence-electron chi connectivity index (χ4n) is 3.52. The van der Waals surface area contributed by atoms with Crippen molar-refractivity contribution in [2.24, 2.45) is 0 Å². The molecule has 4 heteroatoms. The van der Waals surface area contributed by atoms with Crippen LogP contribution in [0.3, 0.4) is 0 Å². The van der Waals surface area contributed by atoms with Gasteiger partial charge in [0.1, 0.15) is 5.75 Å². The molecule has 0 fully saturated rings. The number of hydrogen-bond donors (Lipinski definition) is 0. The summed E-state index contributed by atoms with van der Waals surface area (Å²) in [6, 6.07) is 14.4. The molecule has 0 aromatic heterocycles. The average molecular weight is 383 g/mol. The van der Waals surface area contributed by atoms with Crippen molar-refractivity contribution >= 4 is 14.3 Å². The van der Waals surface area contributed by atoms with Crippen LogP contribution < -0.4 is 4.74 Å². The molecule has 1 aliphatic rings. The van der Waals surface area contributed by atoms with E-state index in [1.807, 2.05) is 18.2 Å². The van der Waals surface area contributed by atoms with Crippen LogP contribution in [0.25, 0.3) is 11.1 Å². The van der Waals surface area contributed by atoms with Crippen LogP contribution >= 0.6 is 0 Å². The monoisotopic (exact) mass is 382 g/mol. The second-order valence-corrected chi connectivity index (χ2v) is 13.7. The zero-order chi connectivity index (χ0) is 19.8. The van der Waals surface area contributed by atoms with Gasteiger partial charge in [0, 0.05) is 25.0 Å². The van der Waals surface area contributed by atoms with E-state index in [0.717, 1.165) is 18.6 Å². The lowest BCUT2D eigenvalue weighted by Crippen LogP contribution is -2.41. The largest absolute Gasteiger partial charge is 0.426 e. The van der Waals surface area contributed by atoms with Crippen molar-refractivity contribution in [1.29, 1.82) is 0 Å². The topological polar surface area (TPSA) is 35.5 Å². The van der Waals surface area contributed by atoms with Gasteiger partial charge in [0.25, 0.3) is 0 Å². The quantitative estimate of drug-likeness (QED) is 0.354. The first kappa shape index (κ1) is 19.8. The summed E-state index contributed by atoms with van der Waals surface area (Å²) in [5.74, 6) is 0.641. The molecule has 2 aromatic carbocycles. The molecule has 0 bridgehead atoms. The highest BCUT2D eigenvalue weighted by Gasteiger charge is 2.38. The average Bonchev–Trinajstić information content (AvgIpc) is 2.89. The Kier molecular flexibility index (Phi) is 5.33. The Morgan fingerprint density at radius 1 is 1.04 bits per heavy atom. The van der Waals surface area contributed by atoms with E-state index in [4.69, 9.17) is 9.16 Å². The van der Waals surface area contributed by atoms with Crippen LogP contribution in [0.1, 0.15) is 51.2 Å². The molecule has 0 radical (unpaired) electrons. The first-order valence-electron chi connectivity index (χ1n) is 9.66. The Hall–Kier alpha value is -1.91. The summed E-state index contributed by atoms with van der Waals surface area (Å²) >= 11 is 0. The smallest absolute Gasteiger partial charge is 0.308 e. The van der Waals surface area contributed by atoms with Crippen molar-refractivity contribution in [2.75, 3.05) is 6.61 Å². The summed E-state index contributed by atoms with van der Waals surface area (Å²) in [7, 11) is -1.76. The van der Waals surface area contributed by atoms with E-state index >= 15 is 0 Å². The molecule has 2 aromatic rings. The first-order valence-corrected chi connectivity index (χ1v) is 12.6. The fourth-order valence-corrected chi connectivity index (χ4v) is 4.58. The fraction of sp³-hybridized carbons (Fsp3) is 0.435. The molecule has 0 saturated carbocycles. The zero-order valence-electron chi connectivity index (χ0n) is 17.3. The highest BCUT2D eigenvalue weighted by molar-refractivity contribution is 6.74. The lowest BCUT2D eigenvalue weighted by Gasteiger charge is -2.36. The minimum atomic E-state index is -1.76. The Labute approximate surface area is 163 Å². The van der Waals surface area contributed by atoms with Crippen molar-refractivity contribution in [3.63, 3.8) is 0 Å². The number of ether oxygens (including phenoxy) is 1. The number of carbonyl (C=O) groups is 1. The van der Waals surface area contributed by atoms with Crippen LogP contribution in [-0.2, 0) is 9.22 Å². The van der Waals surface area contributed by atoms with E-state index in [1.165, 1.54) is 23.6 Å². The third-order valence-corrected chi connectivity index (χ3v) is 10.5. The van der Waals surface area contributed by atoms with Crippen molar-refractivity contribution in [3.05, 3.63) is 53.6 Å². The molecule has 0 N–H and O–H groups in total. The Bertz CT molecular complexity index is 849. The molecule has 1 aliphatic carbocycles. The van der Waals surface area contributed by atoms with E-state index in [9.17, 15) is 4.79 Å². The predicted octanol–water partition coefficient (Wildman–Crippen LogP) is 6.14. The Balaban J connectivity index is 1.89. The number of hydrogen-bond acceptors (Lipinski definition) is 3. The van der Waals surface area contributed by atoms with E-state index in [1.54, 1.807) is 0 Å². The van der Waals surface area contributed by atoms with Crippen molar-refractivity contribution in [3.8, 4) is 16.9 Å². The second-order valence-electron chi connectivity index (χ2n) is 8.85. The van der Waals surface area contributed by atoms with Gasteiger partial charge < -0.3 is 9.16 Å². The molecule has 3 nitrogen and oxygen atoms in total. The van der Waals surface area contributed by atoms with Gasteiger partial charge in [0.15, 0.2) is 8.32 Å². The van der Waals surface area contributed by atoms with Gasteiger partial charge in [-0.2, -0.15) is 0 Å². The van der Waals surface area contributed by atoms with Gasteiger partial charge in [-0.05, 0) is 47.3 Å². The van der Waals surface area contributed by atoms with Crippen molar-refractivity contribution in [1.82, 2.24) is 0 Å². The van der Waals surface area contributed by atoms with Crippen molar-refractivity contribution < 1.29 is 14.0 Å². The summed E-state index contributed by atoms with van der Waals surface area (Å²) in [6.07, 6.45) is 0.931. The molecule has 0 aliphatic heterocycles. The van der Waals surface area contributed by atoms with Crippen LogP contribution in [0.2, 0.25) is 18.1 Å². The summed E-state index contributed by atoms with van der Waals surface area (Å²) in [6.45, 7) is 13.6. The van der Waals surface area contributed by atoms with Crippen LogP contribution in [0, 0.1) is 0 Å². The maximum Gasteiger partial charge on any atom is 0.308 e. The van der Waals surface area contributed by atoms with Gasteiger partial charge in [-0.25, -0.2) is 0 Å². The van der Waals surface area contributed by atoms with E-state index in [0.29, 0.717) is 5.75 Å². The molecule has 3 rings (SSSR count). The molecule has 0 amide bonds. The van der Waals surface area contributed by atoms with Gasteiger partial charge in [0.05, 0.1) is 0 Å². The van der Waals surface area contributed by atoms with Gasteiger partial charge >= 0.3 is 5.97 Å². The third-order valence-electron chi connectivity index (χ3n) is 5.97. The molecular formula is C23H30O3Si. The number of fused-ring (bicyclic) bond motifs is 3. The summed E-state index contributed by atoms with van der Waals surface area (Å²) < 4.78 is 11.9. The molecule has 0 saturated heterocycles. The first-order chi connectivity index (χ1) is 12.6. The number of benzene rings is 2. The van der Waals surface area contributed by atoms with Gasteiger partial charge in [-0.3, -0.25) is 4.79 Å². The van der Waals surface area contributed by atoms with Crippen LogP contribution in [0.15, 0.2) is 42.5 Å². The van der Waals surface area contributed by atoms with Crippen molar-refractivity contribution in [2.45, 2.75) is 58.2 Å². The number of esters is 1. The molecule has 1 atom stereocenters. The highest BCUT2D eigenvalue weighted by Crippen LogP contribution is 2.50. The van der Waals surface area contributed by atoms with Gasteiger partial charge in [-0.1, -0.05) is 57.2 Å². The third kappa shape index (κ3) is 3.87. The molecule has 0 heterocycles.